The van der Waals surface area contributed by atoms with Gasteiger partial charge in [0, 0.05) is 12.6 Å². The summed E-state index contributed by atoms with van der Waals surface area (Å²) in [5.41, 5.74) is -0.840. The first kappa shape index (κ1) is 17.0. The fourth-order valence-electron chi connectivity index (χ4n) is 1.79. The Morgan fingerprint density at radius 3 is 2.90 bits per heavy atom. The van der Waals surface area contributed by atoms with E-state index >= 15 is 0 Å². The van der Waals surface area contributed by atoms with Crippen molar-refractivity contribution in [1.82, 2.24) is 20.1 Å². The number of carbonyl (C=O) groups excluding carboxylic acids is 1. The van der Waals surface area contributed by atoms with Gasteiger partial charge in [0.2, 0.25) is 5.91 Å². The van der Waals surface area contributed by atoms with Crippen LogP contribution in [0.15, 0.2) is 11.5 Å². The minimum atomic E-state index is -0.840. The molecule has 1 aromatic heterocycles. The van der Waals surface area contributed by atoms with Crippen LogP contribution in [-0.4, -0.2) is 43.7 Å². The van der Waals surface area contributed by atoms with Crippen molar-refractivity contribution in [3.05, 3.63) is 6.33 Å². The van der Waals surface area contributed by atoms with Crippen LogP contribution in [0.5, 0.6) is 0 Å². The molecule has 1 unspecified atom stereocenters. The van der Waals surface area contributed by atoms with Crippen LogP contribution in [0, 0.1) is 0 Å². The van der Waals surface area contributed by atoms with Gasteiger partial charge in [-0.3, -0.25) is 4.79 Å². The molecule has 1 aromatic rings. The molecule has 0 saturated carbocycles. The molecule has 0 spiro atoms. The fourth-order valence-corrected chi connectivity index (χ4v) is 2.66. The predicted molar refractivity (Wildman–Crippen MR) is 79.7 cm³/mol. The number of rotatable bonds is 8. The summed E-state index contributed by atoms with van der Waals surface area (Å²) < 4.78 is 1.92. The van der Waals surface area contributed by atoms with E-state index in [1.165, 1.54) is 11.8 Å². The first-order valence-electron chi connectivity index (χ1n) is 6.87. The number of nitrogens with one attached hydrogen (secondary N) is 1. The number of carbonyl (C=O) groups is 1. The molecule has 114 valence electrons. The smallest absolute Gasteiger partial charge is 0.230 e. The quantitative estimate of drug-likeness (QED) is 0.713. The molecule has 0 radical (unpaired) electrons. The zero-order valence-corrected chi connectivity index (χ0v) is 13.4. The first-order chi connectivity index (χ1) is 9.35. The maximum Gasteiger partial charge on any atom is 0.230 e. The molecule has 7 heteroatoms. The number of hydrogen-bond donors (Lipinski definition) is 2. The number of amides is 1. The fraction of sp³-hybridized carbons (Fsp3) is 0.769. The van der Waals surface area contributed by atoms with Gasteiger partial charge in [0.05, 0.1) is 11.4 Å². The van der Waals surface area contributed by atoms with Crippen LogP contribution in [0.4, 0.5) is 0 Å². The highest BCUT2D eigenvalue weighted by atomic mass is 32.2. The van der Waals surface area contributed by atoms with Crippen molar-refractivity contribution in [3.63, 3.8) is 0 Å². The van der Waals surface area contributed by atoms with Gasteiger partial charge in [-0.1, -0.05) is 25.1 Å². The maximum atomic E-state index is 11.8. The maximum absolute atomic E-state index is 11.8. The van der Waals surface area contributed by atoms with Crippen LogP contribution in [0.1, 0.15) is 46.6 Å². The molecule has 1 heterocycles. The molecular weight excluding hydrogens is 276 g/mol. The molecule has 0 aromatic carbocycles. The highest BCUT2D eigenvalue weighted by molar-refractivity contribution is 7.99. The summed E-state index contributed by atoms with van der Waals surface area (Å²) >= 11 is 1.35. The summed E-state index contributed by atoms with van der Waals surface area (Å²) in [6.45, 7) is 8.09. The van der Waals surface area contributed by atoms with Gasteiger partial charge < -0.3 is 15.0 Å². The average molecular weight is 300 g/mol. The third-order valence-corrected chi connectivity index (χ3v) is 3.84. The Labute approximate surface area is 124 Å². The van der Waals surface area contributed by atoms with Crippen molar-refractivity contribution in [1.29, 1.82) is 0 Å². The summed E-state index contributed by atoms with van der Waals surface area (Å²) in [6, 6.07) is 0.265. The van der Waals surface area contributed by atoms with Gasteiger partial charge in [-0.15, -0.1) is 10.2 Å². The Balaban J connectivity index is 2.38. The van der Waals surface area contributed by atoms with Crippen molar-refractivity contribution in [2.45, 2.75) is 57.3 Å². The van der Waals surface area contributed by atoms with Crippen molar-refractivity contribution < 1.29 is 9.90 Å². The van der Waals surface area contributed by atoms with Gasteiger partial charge in [-0.25, -0.2) is 0 Å². The molecule has 20 heavy (non-hydrogen) atoms. The zero-order valence-electron chi connectivity index (χ0n) is 12.6. The largest absolute Gasteiger partial charge is 0.388 e. The third kappa shape index (κ3) is 5.50. The summed E-state index contributed by atoms with van der Waals surface area (Å²) in [6.07, 6.45) is 3.22. The highest BCUT2D eigenvalue weighted by Gasteiger charge is 2.20. The summed E-state index contributed by atoms with van der Waals surface area (Å²) in [7, 11) is 0. The Hall–Kier alpha value is -1.08. The van der Waals surface area contributed by atoms with E-state index in [4.69, 9.17) is 0 Å². The third-order valence-electron chi connectivity index (χ3n) is 2.88. The van der Waals surface area contributed by atoms with E-state index in [0.29, 0.717) is 6.42 Å². The van der Waals surface area contributed by atoms with Gasteiger partial charge in [-0.2, -0.15) is 0 Å². The van der Waals surface area contributed by atoms with Crippen LogP contribution in [0.3, 0.4) is 0 Å². The van der Waals surface area contributed by atoms with Gasteiger partial charge in [0.15, 0.2) is 5.16 Å². The molecule has 0 bridgehead atoms. The highest BCUT2D eigenvalue weighted by Crippen LogP contribution is 2.18. The van der Waals surface area contributed by atoms with Crippen LogP contribution < -0.4 is 5.32 Å². The zero-order chi connectivity index (χ0) is 15.2. The molecule has 0 fully saturated rings. The Bertz CT molecular complexity index is 432. The molecule has 1 amide bonds. The van der Waals surface area contributed by atoms with Gasteiger partial charge >= 0.3 is 0 Å². The van der Waals surface area contributed by atoms with E-state index in [-0.39, 0.29) is 24.2 Å². The normalized spacial score (nSPS) is 14.3. The number of aliphatic hydroxyl groups is 1. The van der Waals surface area contributed by atoms with Gasteiger partial charge in [0.25, 0.3) is 0 Å². The molecule has 2 N–H and O–H groups in total. The molecule has 1 rings (SSSR count). The lowest BCUT2D eigenvalue weighted by molar-refractivity contribution is -0.119. The number of hydrogen-bond acceptors (Lipinski definition) is 5. The van der Waals surface area contributed by atoms with E-state index in [0.717, 1.165) is 11.6 Å². The summed E-state index contributed by atoms with van der Waals surface area (Å²) in [4.78, 5) is 11.8. The van der Waals surface area contributed by atoms with Crippen LogP contribution >= 0.6 is 11.8 Å². The summed E-state index contributed by atoms with van der Waals surface area (Å²) in [5.74, 6) is 0.165. The predicted octanol–water partition coefficient (Wildman–Crippen LogP) is 1.62. The lowest BCUT2D eigenvalue weighted by Crippen LogP contribution is -2.41. The molecule has 1 atom stereocenters. The Morgan fingerprint density at radius 1 is 1.60 bits per heavy atom. The molecular formula is C13H24N4O2S. The molecule has 0 aliphatic heterocycles. The number of aromatic nitrogens is 3. The minimum absolute atomic E-state index is 0.107. The lowest BCUT2D eigenvalue weighted by atomic mass is 10.0. The van der Waals surface area contributed by atoms with E-state index in [1.807, 2.05) is 25.3 Å². The van der Waals surface area contributed by atoms with E-state index in [2.05, 4.69) is 15.5 Å². The van der Waals surface area contributed by atoms with Crippen LogP contribution in [-0.2, 0) is 4.79 Å². The molecule has 0 saturated heterocycles. The Morgan fingerprint density at radius 2 is 2.30 bits per heavy atom. The topological polar surface area (TPSA) is 80.0 Å². The van der Waals surface area contributed by atoms with E-state index in [9.17, 15) is 9.90 Å². The minimum Gasteiger partial charge on any atom is -0.388 e. The summed E-state index contributed by atoms with van der Waals surface area (Å²) in [5, 5.41) is 21.3. The first-order valence-corrected chi connectivity index (χ1v) is 7.85. The average Bonchev–Trinajstić information content (AvgIpc) is 2.82. The number of nitrogens with zero attached hydrogens (tertiary/aromatic N) is 3. The monoisotopic (exact) mass is 300 g/mol. The molecule has 6 nitrogen and oxygen atoms in total. The van der Waals surface area contributed by atoms with Crippen molar-refractivity contribution in [2.75, 3.05) is 12.3 Å². The van der Waals surface area contributed by atoms with Crippen molar-refractivity contribution >= 4 is 17.7 Å². The Kier molecular flexibility index (Phi) is 6.48. The van der Waals surface area contributed by atoms with Crippen molar-refractivity contribution in [3.8, 4) is 0 Å². The second kappa shape index (κ2) is 7.64. The second-order valence-electron chi connectivity index (χ2n) is 5.43. The van der Waals surface area contributed by atoms with Gasteiger partial charge in [0.1, 0.15) is 6.33 Å². The van der Waals surface area contributed by atoms with Gasteiger partial charge in [-0.05, 0) is 27.2 Å². The van der Waals surface area contributed by atoms with Crippen molar-refractivity contribution in [2.24, 2.45) is 0 Å². The van der Waals surface area contributed by atoms with E-state index in [1.54, 1.807) is 13.3 Å². The molecule has 0 aliphatic carbocycles. The van der Waals surface area contributed by atoms with Crippen LogP contribution in [0.2, 0.25) is 0 Å². The van der Waals surface area contributed by atoms with Crippen LogP contribution in [0.25, 0.3) is 0 Å². The SMILES string of the molecule is CCCC(C)(O)CNC(=O)CSc1nncn1C(C)C. The lowest BCUT2D eigenvalue weighted by Gasteiger charge is -2.22. The van der Waals surface area contributed by atoms with E-state index < -0.39 is 5.60 Å². The second-order valence-corrected chi connectivity index (χ2v) is 6.37. The molecule has 0 aliphatic rings. The number of thioether (sulfide) groups is 1. The standard InChI is InChI=1S/C13H24N4O2S/c1-5-6-13(4,19)8-14-11(18)7-20-12-16-15-9-17(12)10(2)3/h9-10,19H,5-8H2,1-4H3,(H,14,18).